The van der Waals surface area contributed by atoms with E-state index in [0.29, 0.717) is 19.3 Å². The van der Waals surface area contributed by atoms with E-state index in [1.54, 1.807) is 0 Å². The predicted molar refractivity (Wildman–Crippen MR) is 261 cm³/mol. The Labute approximate surface area is 378 Å². The minimum atomic E-state index is -1.71. The number of carbonyl (C=O) groups is 3. The number of aliphatic hydroxyl groups is 2. The van der Waals surface area contributed by atoms with Gasteiger partial charge in [0.05, 0.1) is 0 Å². The minimum Gasteiger partial charge on any atom is -0.456 e. The van der Waals surface area contributed by atoms with Gasteiger partial charge in [-0.05, 0) is 70.6 Å². The molecule has 0 aliphatic heterocycles. The van der Waals surface area contributed by atoms with Crippen LogP contribution in [0.5, 0.6) is 0 Å². The third-order valence-electron chi connectivity index (χ3n) is 12.4. The van der Waals surface area contributed by atoms with E-state index in [2.05, 4.69) is 45.1 Å². The molecule has 0 bridgehead atoms. The van der Waals surface area contributed by atoms with Gasteiger partial charge in [0.25, 0.3) is 0 Å². The molecule has 2 atom stereocenters. The van der Waals surface area contributed by atoms with Crippen LogP contribution in [-0.2, 0) is 19.1 Å². The maximum Gasteiger partial charge on any atom is 0.306 e. The van der Waals surface area contributed by atoms with Gasteiger partial charge in [-0.3, -0.25) is 14.4 Å². The molecule has 0 rings (SSSR count). The van der Waals surface area contributed by atoms with Crippen LogP contribution >= 0.6 is 0 Å². The van der Waals surface area contributed by atoms with E-state index >= 15 is 0 Å². The summed E-state index contributed by atoms with van der Waals surface area (Å²) in [4.78, 5) is 39.2. The molecule has 0 saturated heterocycles. The molecule has 0 saturated carbocycles. The molecular weight excluding hydrogens is 757 g/mol. The molecule has 358 valence electrons. The number of aliphatic hydroxyl groups excluding tert-OH is 2. The topological polar surface area (TPSA) is 101 Å². The molecular formula is C55H102O6. The van der Waals surface area contributed by atoms with Crippen LogP contribution in [0, 0.1) is 0 Å². The van der Waals surface area contributed by atoms with E-state index in [1.165, 1.54) is 148 Å². The molecule has 0 aromatic carbocycles. The highest BCUT2D eigenvalue weighted by atomic mass is 16.6. The second kappa shape index (κ2) is 47.7. The summed E-state index contributed by atoms with van der Waals surface area (Å²) in [6, 6.07) is 0. The van der Waals surface area contributed by atoms with Gasteiger partial charge in [-0.1, -0.05) is 225 Å². The van der Waals surface area contributed by atoms with Crippen molar-refractivity contribution < 1.29 is 29.3 Å². The normalized spacial score (nSPS) is 13.3. The van der Waals surface area contributed by atoms with Crippen LogP contribution in [0.15, 0.2) is 24.3 Å². The Kier molecular flexibility index (Phi) is 46.3. The van der Waals surface area contributed by atoms with Gasteiger partial charge in [0, 0.05) is 19.3 Å². The summed E-state index contributed by atoms with van der Waals surface area (Å²) in [5.41, 5.74) is 0. The van der Waals surface area contributed by atoms with E-state index < -0.39 is 35.8 Å². The minimum absolute atomic E-state index is 0.140. The van der Waals surface area contributed by atoms with Crippen LogP contribution < -0.4 is 0 Å². The first kappa shape index (κ1) is 59.2. The smallest absolute Gasteiger partial charge is 0.306 e. The zero-order chi connectivity index (χ0) is 44.7. The summed E-state index contributed by atoms with van der Waals surface area (Å²) in [7, 11) is 0. The van der Waals surface area contributed by atoms with Crippen LogP contribution in [0.25, 0.3) is 0 Å². The molecule has 0 aliphatic carbocycles. The molecule has 0 radical (unpaired) electrons. The number of hydrogen-bond donors (Lipinski definition) is 2. The van der Waals surface area contributed by atoms with Gasteiger partial charge < -0.3 is 14.9 Å². The highest BCUT2D eigenvalue weighted by Gasteiger charge is 2.38. The Morgan fingerprint density at radius 1 is 0.344 bits per heavy atom. The van der Waals surface area contributed by atoms with Gasteiger partial charge in [0.2, 0.25) is 0 Å². The van der Waals surface area contributed by atoms with Crippen LogP contribution in [-0.4, -0.2) is 46.1 Å². The summed E-state index contributed by atoms with van der Waals surface area (Å²) < 4.78 is 5.59. The van der Waals surface area contributed by atoms with Gasteiger partial charge in [-0.2, -0.15) is 0 Å². The first-order valence-corrected chi connectivity index (χ1v) is 26.8. The van der Waals surface area contributed by atoms with Gasteiger partial charge in [0.1, 0.15) is 0 Å². The SMILES string of the molecule is CCCCCCCC/C=C\CCCCCCCC(=O)C(O)C(OC(=O)CCCCCCCCCCCCCCC)C(O)C(=O)CCCCCCC/C=C\CCCCCCCC. The van der Waals surface area contributed by atoms with Crippen LogP contribution in [0.4, 0.5) is 0 Å². The first-order chi connectivity index (χ1) is 29.9. The standard InChI is InChI=1S/C55H102O6/c1-4-7-10-13-16-19-22-25-27-30-32-35-38-41-44-47-50(56)53(59)55(61-52(58)49-46-43-40-37-34-29-24-21-18-15-12-9-6-3)54(60)51(57)48-45-42-39-36-33-31-28-26-23-20-17-14-11-8-5-2/h25-28,53-55,59-60H,4-24,29-49H2,1-3H3/b27-25-,28-26-. The van der Waals surface area contributed by atoms with Crippen molar-refractivity contribution >= 4 is 17.5 Å². The van der Waals surface area contributed by atoms with Crippen molar-refractivity contribution in [2.45, 2.75) is 309 Å². The Morgan fingerprint density at radius 3 is 0.852 bits per heavy atom. The lowest BCUT2D eigenvalue weighted by atomic mass is 9.95. The van der Waals surface area contributed by atoms with Crippen molar-refractivity contribution in [3.05, 3.63) is 24.3 Å². The number of allylic oxidation sites excluding steroid dienone is 4. The van der Waals surface area contributed by atoms with E-state index in [4.69, 9.17) is 4.74 Å². The molecule has 2 unspecified atom stereocenters. The van der Waals surface area contributed by atoms with Crippen LogP contribution in [0.2, 0.25) is 0 Å². The fraction of sp³-hybridized carbons (Fsp3) is 0.873. The lowest BCUT2D eigenvalue weighted by molar-refractivity contribution is -0.170. The Bertz CT molecular complexity index is 962. The molecule has 0 amide bonds. The van der Waals surface area contributed by atoms with Crippen LogP contribution in [0.1, 0.15) is 290 Å². The van der Waals surface area contributed by atoms with E-state index in [1.807, 2.05) is 0 Å². The largest absolute Gasteiger partial charge is 0.456 e. The number of hydrogen-bond acceptors (Lipinski definition) is 6. The second-order valence-corrected chi connectivity index (χ2v) is 18.4. The number of unbranched alkanes of at least 4 members (excludes halogenated alkanes) is 34. The summed E-state index contributed by atoms with van der Waals surface area (Å²) >= 11 is 0. The Morgan fingerprint density at radius 2 is 0.574 bits per heavy atom. The van der Waals surface area contributed by atoms with Crippen LogP contribution in [0.3, 0.4) is 0 Å². The van der Waals surface area contributed by atoms with Crippen molar-refractivity contribution in [2.24, 2.45) is 0 Å². The highest BCUT2D eigenvalue weighted by Crippen LogP contribution is 2.19. The van der Waals surface area contributed by atoms with Crippen molar-refractivity contribution in [1.29, 1.82) is 0 Å². The van der Waals surface area contributed by atoms with Crippen molar-refractivity contribution in [2.75, 3.05) is 0 Å². The molecule has 0 heterocycles. The molecule has 61 heavy (non-hydrogen) atoms. The predicted octanol–water partition coefficient (Wildman–Crippen LogP) is 16.3. The molecule has 0 fully saturated rings. The maximum absolute atomic E-state index is 13.1. The number of carbonyl (C=O) groups excluding carboxylic acids is 3. The zero-order valence-electron chi connectivity index (χ0n) is 40.8. The molecule has 6 nitrogen and oxygen atoms in total. The number of esters is 1. The lowest BCUT2D eigenvalue weighted by Crippen LogP contribution is -2.48. The molecule has 0 aromatic heterocycles. The first-order valence-electron chi connectivity index (χ1n) is 26.8. The quantitative estimate of drug-likeness (QED) is 0.0359. The van der Waals surface area contributed by atoms with E-state index in [0.717, 1.165) is 83.5 Å². The number of ketones is 2. The molecule has 0 spiro atoms. The fourth-order valence-corrected chi connectivity index (χ4v) is 8.20. The average molecular weight is 859 g/mol. The van der Waals surface area contributed by atoms with Crippen molar-refractivity contribution in [3.8, 4) is 0 Å². The van der Waals surface area contributed by atoms with E-state index in [9.17, 15) is 24.6 Å². The van der Waals surface area contributed by atoms with Crippen molar-refractivity contribution in [1.82, 2.24) is 0 Å². The highest BCUT2D eigenvalue weighted by molar-refractivity contribution is 5.88. The number of rotatable bonds is 49. The summed E-state index contributed by atoms with van der Waals surface area (Å²) in [5, 5.41) is 22.2. The van der Waals surface area contributed by atoms with Gasteiger partial charge in [-0.25, -0.2) is 0 Å². The molecule has 0 aliphatic rings. The van der Waals surface area contributed by atoms with Gasteiger partial charge in [-0.15, -0.1) is 0 Å². The van der Waals surface area contributed by atoms with Gasteiger partial charge in [0.15, 0.2) is 29.9 Å². The molecule has 0 aromatic rings. The average Bonchev–Trinajstić information content (AvgIpc) is 3.26. The number of Topliss-reactive ketones (excluding diaryl/α,β-unsaturated/α-hetero) is 2. The molecule has 2 N–H and O–H groups in total. The summed E-state index contributed by atoms with van der Waals surface area (Å²) in [5.74, 6) is -1.50. The Balaban J connectivity index is 4.65. The third-order valence-corrected chi connectivity index (χ3v) is 12.4. The van der Waals surface area contributed by atoms with Gasteiger partial charge >= 0.3 is 5.97 Å². The lowest BCUT2D eigenvalue weighted by Gasteiger charge is -2.26. The van der Waals surface area contributed by atoms with Crippen molar-refractivity contribution in [3.63, 3.8) is 0 Å². The summed E-state index contributed by atoms with van der Waals surface area (Å²) in [6.45, 7) is 6.76. The third kappa shape index (κ3) is 40.7. The molecule has 6 heteroatoms. The zero-order valence-corrected chi connectivity index (χ0v) is 40.8. The Hall–Kier alpha value is -1.79. The van der Waals surface area contributed by atoms with E-state index in [-0.39, 0.29) is 19.3 Å². The second-order valence-electron chi connectivity index (χ2n) is 18.4. The maximum atomic E-state index is 13.1. The summed E-state index contributed by atoms with van der Waals surface area (Å²) in [6.07, 6.45) is 50.2. The number of ether oxygens (including phenoxy) is 1. The monoisotopic (exact) mass is 859 g/mol. The fourth-order valence-electron chi connectivity index (χ4n) is 8.20.